The van der Waals surface area contributed by atoms with Crippen LogP contribution in [0.3, 0.4) is 0 Å². The molecule has 0 fully saturated rings. The van der Waals surface area contributed by atoms with Gasteiger partial charge in [-0.15, -0.1) is 0 Å². The number of aryl methyl sites for hydroxylation is 7. The van der Waals surface area contributed by atoms with Gasteiger partial charge in [0, 0.05) is 120 Å². The fourth-order valence-corrected chi connectivity index (χ4v) is 20.1. The first kappa shape index (κ1) is 125. The van der Waals surface area contributed by atoms with Crippen LogP contribution in [0.4, 0.5) is 0 Å². The Kier molecular flexibility index (Phi) is 66.6. The number of fused-ring (bicyclic) bond motifs is 7. The minimum absolute atomic E-state index is 0.815. The fourth-order valence-electron chi connectivity index (χ4n) is 20.1. The lowest BCUT2D eigenvalue weighted by molar-refractivity contribution is 0.304. The van der Waals surface area contributed by atoms with Crippen LogP contribution in [0.15, 0.2) is 171 Å². The number of hydrogen-bond donors (Lipinski definition) is 7. The molecule has 14 rings (SSSR count). The van der Waals surface area contributed by atoms with E-state index in [2.05, 4.69) is 297 Å². The maximum atomic E-state index is 5.96. The molecule has 0 spiro atoms. The minimum Gasteiger partial charge on any atom is -0.494 e. The van der Waals surface area contributed by atoms with Gasteiger partial charge in [0.2, 0.25) is 0 Å². The molecule has 7 aromatic heterocycles. The highest BCUT2D eigenvalue weighted by atomic mass is 16.5. The van der Waals surface area contributed by atoms with Crippen LogP contribution in [0.25, 0.3) is 76.3 Å². The molecule has 0 aliphatic rings. The summed E-state index contributed by atoms with van der Waals surface area (Å²) in [5, 5.41) is 9.22. The van der Waals surface area contributed by atoms with Gasteiger partial charge in [0.05, 0.1) is 46.2 Å². The smallest absolute Gasteiger partial charge is 0.120 e. The normalized spacial score (nSPS) is 11.2. The summed E-state index contributed by atoms with van der Waals surface area (Å²) in [4.78, 5) is 23.4. The standard InChI is InChI=1S/C22H35NO.C21H33NO.2C20H31NO.2C19H29NO.C15H21NO/c1-3-5-6-7-8-9-10-11-12-16-24-20-14-15-22-21(17-20)19(13-4-2)18-23-22;1-3-5-6-7-8-9-10-11-15-23-19-13-14-21-20(16-19)18(12-4-2)17-22-21;2*1-3-5-6-7-8-9-10-14-22-18-12-13-20-19(15-18)17(11-4-2)16-21-20;2*1-3-5-6-7-8-9-13-21-17-11-12-19-18(14-17)16(10-4-2)15-20-19;1-3-5-9-17-13-7-8-15-14(10-13)12(6-4-2)11-16-15/h14-15,17-18,23H,3-13,16H2,1-2H3;13-14,16-17,22H,3-12,15H2,1-2H3;2*12-13,15-16,21H,3-11,14H2,1-2H3;2*11-12,14-15,20H,3-10,13H2,1-2H3;7-8,10-11,16H,3-6,9H2,1-2H3. The molecule has 0 radical (unpaired) electrons. The highest BCUT2D eigenvalue weighted by Crippen LogP contribution is 2.34. The van der Waals surface area contributed by atoms with Crippen LogP contribution in [-0.2, 0) is 44.9 Å². The first-order chi connectivity index (χ1) is 73.9. The Morgan fingerprint density at radius 2 is 0.253 bits per heavy atom. The number of aromatic amines is 7. The van der Waals surface area contributed by atoms with E-state index in [9.17, 15) is 0 Å². The molecule has 0 unspecified atom stereocenters. The van der Waals surface area contributed by atoms with Crippen LogP contribution >= 0.6 is 0 Å². The van der Waals surface area contributed by atoms with Gasteiger partial charge in [-0.05, 0) is 256 Å². The predicted octanol–water partition coefficient (Wildman–Crippen LogP) is 42.2. The van der Waals surface area contributed by atoms with Crippen LogP contribution in [0.1, 0.15) is 470 Å². The summed E-state index contributed by atoms with van der Waals surface area (Å²) < 4.78 is 41.3. The van der Waals surface area contributed by atoms with Gasteiger partial charge in [-0.2, -0.15) is 0 Å². The third-order valence-electron chi connectivity index (χ3n) is 28.9. The second-order valence-electron chi connectivity index (χ2n) is 42.3. The number of rotatable bonds is 73. The van der Waals surface area contributed by atoms with Crippen molar-refractivity contribution < 1.29 is 33.2 Å². The SMILES string of the molecule is CCCCCCCCCCCOc1ccc2[nH]cc(CCC)c2c1.CCCCCCCCCCOc1ccc2[nH]cc(CCC)c2c1.CCCCCCCCCOc1ccc2[nH]cc(CCC)c2c1.CCCCCCCCCOc1ccc2[nH]cc(CCC)c2c1.CCCCCCCCOc1ccc2[nH]cc(CCC)c2c1.CCCCCCCCOc1ccc2[nH]cc(CCC)c2c1.CCCCOc1ccc2[nH]cc(CCC)c2c1. The average Bonchev–Trinajstić information content (AvgIpc) is 1.72. The molecule has 14 aromatic rings. The third-order valence-corrected chi connectivity index (χ3v) is 28.9. The van der Waals surface area contributed by atoms with Gasteiger partial charge in [0.15, 0.2) is 0 Å². The van der Waals surface area contributed by atoms with Gasteiger partial charge in [0.1, 0.15) is 40.2 Å². The summed E-state index contributed by atoms with van der Waals surface area (Å²) in [6.45, 7) is 37.2. The van der Waals surface area contributed by atoms with E-state index in [4.69, 9.17) is 33.2 Å². The molecule has 0 atom stereocenters. The van der Waals surface area contributed by atoms with Crippen LogP contribution in [0, 0.1) is 0 Å². The average molecular weight is 2050 g/mol. The molecule has 7 N–H and O–H groups in total. The van der Waals surface area contributed by atoms with E-state index in [0.717, 1.165) is 151 Å². The highest BCUT2D eigenvalue weighted by Gasteiger charge is 2.15. The monoisotopic (exact) mass is 2050 g/mol. The van der Waals surface area contributed by atoms with E-state index in [1.807, 2.05) is 6.07 Å². The second kappa shape index (κ2) is 79.8. The molecule has 0 bridgehead atoms. The maximum Gasteiger partial charge on any atom is 0.120 e. The lowest BCUT2D eigenvalue weighted by Crippen LogP contribution is -1.97. The molecule has 0 saturated heterocycles. The molecule has 7 heterocycles. The lowest BCUT2D eigenvalue weighted by atomic mass is 10.1. The zero-order chi connectivity index (χ0) is 107. The van der Waals surface area contributed by atoms with Crippen LogP contribution in [0.5, 0.6) is 40.2 Å². The van der Waals surface area contributed by atoms with Gasteiger partial charge in [0.25, 0.3) is 0 Å². The van der Waals surface area contributed by atoms with Crippen molar-refractivity contribution in [3.05, 3.63) is 210 Å². The number of nitrogens with one attached hydrogen (secondary N) is 7. The quantitative estimate of drug-likeness (QED) is 0.0186. The van der Waals surface area contributed by atoms with Crippen LogP contribution < -0.4 is 33.2 Å². The largest absolute Gasteiger partial charge is 0.494 e. The van der Waals surface area contributed by atoms with Crippen molar-refractivity contribution in [1.29, 1.82) is 0 Å². The van der Waals surface area contributed by atoms with Crippen molar-refractivity contribution >= 4 is 76.3 Å². The first-order valence-corrected chi connectivity index (χ1v) is 61.5. The Bertz CT molecular complexity index is 5490. The van der Waals surface area contributed by atoms with Gasteiger partial charge in [-0.25, -0.2) is 0 Å². The van der Waals surface area contributed by atoms with Gasteiger partial charge in [-0.1, -0.05) is 386 Å². The molecule has 0 amide bonds. The van der Waals surface area contributed by atoms with E-state index >= 15 is 0 Å². The number of aromatic nitrogens is 7. The van der Waals surface area contributed by atoms with Crippen LogP contribution in [-0.4, -0.2) is 81.1 Å². The van der Waals surface area contributed by atoms with Gasteiger partial charge in [-0.3, -0.25) is 0 Å². The predicted molar refractivity (Wildman–Crippen MR) is 652 cm³/mol. The Labute approximate surface area is 910 Å². The van der Waals surface area contributed by atoms with Crippen molar-refractivity contribution in [3.63, 3.8) is 0 Å². The molecule has 14 nitrogen and oxygen atoms in total. The summed E-state index contributed by atoms with van der Waals surface area (Å²) in [6.07, 6.45) is 90.5. The van der Waals surface area contributed by atoms with Crippen molar-refractivity contribution in [2.75, 3.05) is 46.2 Å². The van der Waals surface area contributed by atoms with Gasteiger partial charge < -0.3 is 68.0 Å². The molecule has 830 valence electrons. The highest BCUT2D eigenvalue weighted by molar-refractivity contribution is 5.89. The number of H-pyrrole nitrogens is 7. The minimum atomic E-state index is 0.815. The molecule has 14 heteroatoms. The van der Waals surface area contributed by atoms with E-state index in [-0.39, 0.29) is 0 Å². The Morgan fingerprint density at radius 1 is 0.133 bits per heavy atom. The number of benzene rings is 7. The molecular weight excluding hydrogens is 1840 g/mol. The zero-order valence-corrected chi connectivity index (χ0v) is 97.2. The molecule has 150 heavy (non-hydrogen) atoms. The molecule has 0 aliphatic carbocycles. The maximum absolute atomic E-state index is 5.96. The van der Waals surface area contributed by atoms with E-state index < -0.39 is 0 Å². The molecule has 7 aromatic carbocycles. The van der Waals surface area contributed by atoms with E-state index in [1.54, 1.807) is 0 Å². The van der Waals surface area contributed by atoms with Crippen molar-refractivity contribution in [1.82, 2.24) is 34.9 Å². The van der Waals surface area contributed by atoms with Crippen molar-refractivity contribution in [3.8, 4) is 40.2 Å². The topological polar surface area (TPSA) is 175 Å². The number of unbranched alkanes of at least 4 members (excludes halogenated alkanes) is 38. The summed E-state index contributed by atoms with van der Waals surface area (Å²) in [5.74, 6) is 7.05. The zero-order valence-electron chi connectivity index (χ0n) is 97.2. The van der Waals surface area contributed by atoms with E-state index in [0.29, 0.717) is 0 Å². The van der Waals surface area contributed by atoms with Crippen LogP contribution in [0.2, 0.25) is 0 Å². The Morgan fingerprint density at radius 3 is 0.380 bits per heavy atom. The third kappa shape index (κ3) is 48.5. The fraction of sp³-hybridized carbons (Fsp3) is 0.588. The molecular formula is C136H209N7O7. The van der Waals surface area contributed by atoms with E-state index in [1.165, 1.54) is 430 Å². The summed E-state index contributed by atoms with van der Waals surface area (Å²) in [5.41, 5.74) is 18.3. The Hall–Kier alpha value is -10.1. The number of hydrogen-bond acceptors (Lipinski definition) is 7. The summed E-state index contributed by atoms with van der Waals surface area (Å²) >= 11 is 0. The summed E-state index contributed by atoms with van der Waals surface area (Å²) in [7, 11) is 0. The molecule has 0 aliphatic heterocycles. The first-order valence-electron chi connectivity index (χ1n) is 61.5. The molecule has 0 saturated carbocycles. The number of ether oxygens (including phenoxy) is 7. The lowest BCUT2D eigenvalue weighted by Gasteiger charge is -2.07. The summed E-state index contributed by atoms with van der Waals surface area (Å²) in [6, 6.07) is 44.7. The van der Waals surface area contributed by atoms with Crippen molar-refractivity contribution in [2.45, 2.75) is 476 Å². The van der Waals surface area contributed by atoms with Gasteiger partial charge >= 0.3 is 0 Å². The van der Waals surface area contributed by atoms with Crippen molar-refractivity contribution in [2.24, 2.45) is 0 Å². The second-order valence-corrected chi connectivity index (χ2v) is 42.3. The Balaban J connectivity index is 0.000000213.